The summed E-state index contributed by atoms with van der Waals surface area (Å²) in [5, 5.41) is 2.75. The number of hydrogen-bond acceptors (Lipinski definition) is 11. The lowest BCUT2D eigenvalue weighted by Crippen LogP contribution is -2.32. The van der Waals surface area contributed by atoms with Crippen molar-refractivity contribution in [2.75, 3.05) is 126 Å². The topological polar surface area (TPSA) is 132 Å². The predicted octanol–water partition coefficient (Wildman–Crippen LogP) is 6.52. The van der Waals surface area contributed by atoms with Gasteiger partial charge in [-0.25, -0.2) is 9.59 Å². The van der Waals surface area contributed by atoms with Crippen LogP contribution in [0.2, 0.25) is 0 Å². The highest BCUT2D eigenvalue weighted by Crippen LogP contribution is 2.45. The van der Waals surface area contributed by atoms with E-state index in [2.05, 4.69) is 53.8 Å². The van der Waals surface area contributed by atoms with E-state index in [1.807, 2.05) is 48.5 Å². The third-order valence-electron chi connectivity index (χ3n) is 10.3. The van der Waals surface area contributed by atoms with Crippen molar-refractivity contribution in [1.82, 2.24) is 10.2 Å². The Labute approximate surface area is 353 Å². The van der Waals surface area contributed by atoms with E-state index in [0.717, 1.165) is 0 Å². The van der Waals surface area contributed by atoms with Crippen molar-refractivity contribution < 1.29 is 52.2 Å². The molecule has 0 aromatic heterocycles. The third-order valence-corrected chi connectivity index (χ3v) is 10.3. The summed E-state index contributed by atoms with van der Waals surface area (Å²) < 4.78 is 50.1. The molecule has 6 rings (SSSR count). The van der Waals surface area contributed by atoms with Gasteiger partial charge in [0, 0.05) is 32.0 Å². The van der Waals surface area contributed by atoms with Crippen LogP contribution in [0.5, 0.6) is 0 Å². The molecule has 60 heavy (non-hydrogen) atoms. The lowest BCUT2D eigenvalue weighted by molar-refractivity contribution is -0.0207. The molecular formula is C47H58N2O11. The van der Waals surface area contributed by atoms with Gasteiger partial charge in [0.2, 0.25) is 0 Å². The van der Waals surface area contributed by atoms with Gasteiger partial charge in [-0.2, -0.15) is 0 Å². The van der Waals surface area contributed by atoms with E-state index in [4.69, 9.17) is 42.6 Å². The second-order valence-corrected chi connectivity index (χ2v) is 14.3. The monoisotopic (exact) mass is 826 g/mol. The molecule has 0 atom stereocenters. The van der Waals surface area contributed by atoms with Crippen LogP contribution in [0.4, 0.5) is 9.59 Å². The Morgan fingerprint density at radius 3 is 1.15 bits per heavy atom. The minimum atomic E-state index is -0.456. The number of nitrogens with one attached hydrogen (secondary N) is 1. The molecule has 0 radical (unpaired) electrons. The van der Waals surface area contributed by atoms with Crippen LogP contribution >= 0.6 is 0 Å². The number of nitrogens with zero attached hydrogens (tertiary/aromatic N) is 1. The maximum absolute atomic E-state index is 12.6. The minimum Gasteiger partial charge on any atom is -0.449 e. The molecule has 1 N–H and O–H groups in total. The Hall–Kier alpha value is -4.86. The summed E-state index contributed by atoms with van der Waals surface area (Å²) in [5.74, 6) is 0.0644. The van der Waals surface area contributed by atoms with Gasteiger partial charge in [-0.3, -0.25) is 0 Å². The van der Waals surface area contributed by atoms with Crippen molar-refractivity contribution in [3.63, 3.8) is 0 Å². The normalized spacial score (nSPS) is 12.8. The Bertz CT molecular complexity index is 1820. The molecule has 0 fully saturated rings. The predicted molar refractivity (Wildman–Crippen MR) is 227 cm³/mol. The molecule has 0 unspecified atom stereocenters. The number of benzene rings is 4. The lowest BCUT2D eigenvalue weighted by Gasteiger charge is -2.19. The van der Waals surface area contributed by atoms with Gasteiger partial charge in [0.05, 0.1) is 92.5 Å². The summed E-state index contributed by atoms with van der Waals surface area (Å²) >= 11 is 0. The van der Waals surface area contributed by atoms with Crippen LogP contribution in [0.3, 0.4) is 0 Å². The molecule has 13 heteroatoms. The molecule has 0 bridgehead atoms. The number of hydrogen-bond donors (Lipinski definition) is 1. The molecule has 0 spiro atoms. The summed E-state index contributed by atoms with van der Waals surface area (Å²) in [7, 11) is 1.71. The molecular weight excluding hydrogens is 769 g/mol. The fourth-order valence-electron chi connectivity index (χ4n) is 7.29. The first-order chi connectivity index (χ1) is 29.6. The molecule has 0 aliphatic heterocycles. The smallest absolute Gasteiger partial charge is 0.409 e. The molecule has 0 saturated heterocycles. The second-order valence-electron chi connectivity index (χ2n) is 14.3. The molecule has 0 heterocycles. The zero-order chi connectivity index (χ0) is 41.6. The first-order valence-corrected chi connectivity index (χ1v) is 20.8. The van der Waals surface area contributed by atoms with Crippen molar-refractivity contribution in [2.45, 2.75) is 11.8 Å². The Balaban J connectivity index is 0.646. The molecule has 4 aromatic rings. The fraction of sp³-hybridized carbons (Fsp3) is 0.447. The van der Waals surface area contributed by atoms with Gasteiger partial charge < -0.3 is 52.8 Å². The number of carbonyl (C=O) groups is 2. The first-order valence-electron chi connectivity index (χ1n) is 20.8. The van der Waals surface area contributed by atoms with Gasteiger partial charge in [-0.05, 0) is 44.5 Å². The average Bonchev–Trinajstić information content (AvgIpc) is 3.78. The van der Waals surface area contributed by atoms with Crippen molar-refractivity contribution in [2.24, 2.45) is 0 Å². The Morgan fingerprint density at radius 1 is 0.450 bits per heavy atom. The number of rotatable bonds is 28. The van der Waals surface area contributed by atoms with E-state index in [-0.39, 0.29) is 24.5 Å². The quantitative estimate of drug-likeness (QED) is 0.0628. The standard InChI is InChI=1S/C47H58N2O11/c1-49(47(51)60-35-45-42-16-8-4-12-38(42)39-13-5-9-17-43(39)45)19-21-53-23-25-55-27-29-57-31-33-58-32-30-56-28-26-54-24-22-52-20-18-48-46(50)59-34-44-40-14-6-2-10-36(40)37-11-3-7-15-41(37)44/h2-17,44-45H,18-35H2,1H3,(H,48,50). The highest BCUT2D eigenvalue weighted by atomic mass is 16.6. The van der Waals surface area contributed by atoms with Crippen LogP contribution in [-0.4, -0.2) is 143 Å². The summed E-state index contributed by atoms with van der Waals surface area (Å²) in [4.78, 5) is 26.4. The SMILES string of the molecule is CN(CCOCCOCCOCCOCCOCCOCCOCCNC(=O)OCC1c2ccccc2-c2ccccc21)C(=O)OCC1c2ccccc2-c2ccccc21. The zero-order valence-corrected chi connectivity index (χ0v) is 34.6. The van der Waals surface area contributed by atoms with E-state index < -0.39 is 6.09 Å². The largest absolute Gasteiger partial charge is 0.449 e. The molecule has 0 saturated carbocycles. The van der Waals surface area contributed by atoms with E-state index in [0.29, 0.717) is 112 Å². The van der Waals surface area contributed by atoms with Crippen LogP contribution in [0.15, 0.2) is 97.1 Å². The Morgan fingerprint density at radius 2 is 0.767 bits per heavy atom. The average molecular weight is 827 g/mol. The van der Waals surface area contributed by atoms with Crippen molar-refractivity contribution in [3.05, 3.63) is 119 Å². The zero-order valence-electron chi connectivity index (χ0n) is 34.6. The summed E-state index contributed by atoms with van der Waals surface area (Å²) in [5.41, 5.74) is 9.54. The van der Waals surface area contributed by atoms with Crippen molar-refractivity contribution >= 4 is 12.2 Å². The van der Waals surface area contributed by atoms with Crippen LogP contribution in [0.25, 0.3) is 22.3 Å². The minimum absolute atomic E-state index is 0.0314. The molecule has 2 aliphatic rings. The second kappa shape index (κ2) is 25.0. The maximum Gasteiger partial charge on any atom is 0.409 e. The maximum atomic E-state index is 12.6. The Kier molecular flexibility index (Phi) is 18.6. The number of ether oxygens (including phenoxy) is 9. The highest BCUT2D eigenvalue weighted by molar-refractivity contribution is 5.80. The van der Waals surface area contributed by atoms with Gasteiger partial charge >= 0.3 is 12.2 Å². The summed E-state index contributed by atoms with van der Waals surface area (Å²) in [6, 6.07) is 33.1. The molecule has 13 nitrogen and oxygen atoms in total. The molecule has 2 amide bonds. The van der Waals surface area contributed by atoms with E-state index in [9.17, 15) is 9.59 Å². The third kappa shape index (κ3) is 13.3. The molecule has 2 aliphatic carbocycles. The van der Waals surface area contributed by atoms with Crippen molar-refractivity contribution in [1.29, 1.82) is 0 Å². The van der Waals surface area contributed by atoms with Gasteiger partial charge in [0.15, 0.2) is 0 Å². The van der Waals surface area contributed by atoms with Crippen LogP contribution in [-0.2, 0) is 42.6 Å². The fourth-order valence-corrected chi connectivity index (χ4v) is 7.29. The first kappa shape index (κ1) is 44.7. The lowest BCUT2D eigenvalue weighted by atomic mass is 9.98. The van der Waals surface area contributed by atoms with Gasteiger partial charge in [0.25, 0.3) is 0 Å². The van der Waals surface area contributed by atoms with Crippen molar-refractivity contribution in [3.8, 4) is 22.3 Å². The van der Waals surface area contributed by atoms with Gasteiger partial charge in [-0.15, -0.1) is 0 Å². The number of carbonyl (C=O) groups excluding carboxylic acids is 2. The number of fused-ring (bicyclic) bond motifs is 6. The van der Waals surface area contributed by atoms with Gasteiger partial charge in [0.1, 0.15) is 13.2 Å². The number of amides is 2. The van der Waals surface area contributed by atoms with Crippen LogP contribution in [0, 0.1) is 0 Å². The van der Waals surface area contributed by atoms with E-state index >= 15 is 0 Å². The van der Waals surface area contributed by atoms with Gasteiger partial charge in [-0.1, -0.05) is 97.1 Å². The number of alkyl carbamates (subject to hydrolysis) is 1. The molecule has 322 valence electrons. The van der Waals surface area contributed by atoms with Crippen LogP contribution < -0.4 is 5.32 Å². The highest BCUT2D eigenvalue weighted by Gasteiger charge is 2.30. The number of likely N-dealkylation sites (N-methyl/N-ethyl adjacent to an activating group) is 1. The van der Waals surface area contributed by atoms with E-state index in [1.54, 1.807) is 7.05 Å². The van der Waals surface area contributed by atoms with E-state index in [1.165, 1.54) is 49.4 Å². The van der Waals surface area contributed by atoms with Crippen LogP contribution in [0.1, 0.15) is 34.1 Å². The summed E-state index contributed by atoms with van der Waals surface area (Å²) in [6.45, 7) is 7.49. The summed E-state index contributed by atoms with van der Waals surface area (Å²) in [6.07, 6.45) is -0.825. The molecule has 4 aromatic carbocycles.